The van der Waals surface area contributed by atoms with Crippen molar-refractivity contribution in [3.8, 4) is 0 Å². The van der Waals surface area contributed by atoms with E-state index in [9.17, 15) is 9.59 Å². The van der Waals surface area contributed by atoms with Gasteiger partial charge in [-0.25, -0.2) is 0 Å². The summed E-state index contributed by atoms with van der Waals surface area (Å²) in [6, 6.07) is 14.8. The van der Waals surface area contributed by atoms with Gasteiger partial charge in [-0.3, -0.25) is 9.59 Å². The third-order valence-corrected chi connectivity index (χ3v) is 7.15. The number of hydrogen-bond acceptors (Lipinski definition) is 3. The molecule has 0 spiro atoms. The van der Waals surface area contributed by atoms with Crippen LogP contribution in [-0.4, -0.2) is 11.8 Å². The zero-order valence-electron chi connectivity index (χ0n) is 16.0. The number of hydrogen-bond donors (Lipinski definition) is 2. The van der Waals surface area contributed by atoms with E-state index in [2.05, 4.69) is 26.6 Å². The molecule has 6 heteroatoms. The Balaban J connectivity index is 1.65. The predicted octanol–water partition coefficient (Wildman–Crippen LogP) is 6.20. The molecule has 1 aliphatic carbocycles. The molecule has 1 aromatic heterocycles. The fourth-order valence-electron chi connectivity index (χ4n) is 3.52. The van der Waals surface area contributed by atoms with Crippen molar-refractivity contribution in [3.63, 3.8) is 0 Å². The number of aryl methyl sites for hydroxylation is 2. The molecule has 1 aliphatic rings. The van der Waals surface area contributed by atoms with Crippen molar-refractivity contribution in [2.24, 2.45) is 0 Å². The largest absolute Gasteiger partial charge is 0.322 e. The monoisotopic (exact) mass is 468 g/mol. The molecule has 0 fully saturated rings. The van der Waals surface area contributed by atoms with E-state index in [1.165, 1.54) is 16.2 Å². The Labute approximate surface area is 182 Å². The third-order valence-electron chi connectivity index (χ3n) is 5.09. The van der Waals surface area contributed by atoms with Crippen molar-refractivity contribution in [1.29, 1.82) is 0 Å². The van der Waals surface area contributed by atoms with Crippen LogP contribution in [0.3, 0.4) is 0 Å². The van der Waals surface area contributed by atoms with Crippen molar-refractivity contribution in [2.75, 3.05) is 10.6 Å². The van der Waals surface area contributed by atoms with Gasteiger partial charge in [-0.05, 0) is 68.0 Å². The van der Waals surface area contributed by atoms with Crippen LogP contribution < -0.4 is 10.6 Å². The molecule has 2 amide bonds. The van der Waals surface area contributed by atoms with Crippen LogP contribution in [0.25, 0.3) is 0 Å². The van der Waals surface area contributed by atoms with Crippen molar-refractivity contribution in [3.05, 3.63) is 80.1 Å². The average Bonchev–Trinajstić information content (AvgIpc) is 3.09. The Morgan fingerprint density at radius 2 is 1.72 bits per heavy atom. The molecule has 4 nitrogen and oxygen atoms in total. The summed E-state index contributed by atoms with van der Waals surface area (Å²) in [5.41, 5.74) is 4.09. The molecule has 1 heterocycles. The van der Waals surface area contributed by atoms with E-state index in [0.29, 0.717) is 16.1 Å². The zero-order chi connectivity index (χ0) is 20.4. The molecule has 0 saturated heterocycles. The third kappa shape index (κ3) is 4.28. The minimum atomic E-state index is -0.198. The second-order valence-electron chi connectivity index (χ2n) is 7.15. The Kier molecular flexibility index (Phi) is 5.83. The second-order valence-corrected chi connectivity index (χ2v) is 9.11. The number of thiophene rings is 1. The van der Waals surface area contributed by atoms with E-state index >= 15 is 0 Å². The molecule has 0 saturated carbocycles. The van der Waals surface area contributed by atoms with Crippen LogP contribution in [-0.2, 0) is 12.8 Å². The van der Waals surface area contributed by atoms with Gasteiger partial charge in [0.2, 0.25) is 0 Å². The standard InChI is InChI=1S/C23H21BrN2O2S/c1-14-11-12-16(13-18(14)24)25-22(28)20-17-9-5-6-10-19(17)29-23(20)26-21(27)15-7-3-2-4-8-15/h2-4,7-8,11-13H,5-6,9-10H2,1H3,(H,25,28)(H,26,27). The first kappa shape index (κ1) is 19.9. The summed E-state index contributed by atoms with van der Waals surface area (Å²) < 4.78 is 0.945. The molecule has 0 atom stereocenters. The van der Waals surface area contributed by atoms with Crippen LogP contribution >= 0.6 is 27.3 Å². The first-order chi connectivity index (χ1) is 14.0. The van der Waals surface area contributed by atoms with Crippen molar-refractivity contribution < 1.29 is 9.59 Å². The Bertz CT molecular complexity index is 1080. The van der Waals surface area contributed by atoms with Crippen LogP contribution in [0.1, 0.15) is 49.6 Å². The molecular formula is C23H21BrN2O2S. The number of carbonyl (C=O) groups excluding carboxylic acids is 2. The first-order valence-corrected chi connectivity index (χ1v) is 11.2. The fourth-order valence-corrected chi connectivity index (χ4v) is 5.18. The first-order valence-electron chi connectivity index (χ1n) is 9.61. The Hall–Kier alpha value is -2.44. The number of nitrogens with one attached hydrogen (secondary N) is 2. The van der Waals surface area contributed by atoms with Gasteiger partial charge in [0.05, 0.1) is 5.56 Å². The lowest BCUT2D eigenvalue weighted by atomic mass is 9.95. The molecule has 148 valence electrons. The van der Waals surface area contributed by atoms with E-state index in [4.69, 9.17) is 0 Å². The van der Waals surface area contributed by atoms with E-state index in [1.807, 2.05) is 43.3 Å². The van der Waals surface area contributed by atoms with Gasteiger partial charge < -0.3 is 10.6 Å². The SMILES string of the molecule is Cc1ccc(NC(=O)c2c(NC(=O)c3ccccc3)sc3c2CCCC3)cc1Br. The van der Waals surface area contributed by atoms with Gasteiger partial charge in [-0.15, -0.1) is 11.3 Å². The van der Waals surface area contributed by atoms with Crippen LogP contribution in [0.15, 0.2) is 53.0 Å². The van der Waals surface area contributed by atoms with E-state index in [-0.39, 0.29) is 11.8 Å². The van der Waals surface area contributed by atoms with Crippen LogP contribution in [0.5, 0.6) is 0 Å². The summed E-state index contributed by atoms with van der Waals surface area (Å²) in [5, 5.41) is 6.62. The number of rotatable bonds is 4. The van der Waals surface area contributed by atoms with E-state index in [1.54, 1.807) is 12.1 Å². The minimum Gasteiger partial charge on any atom is -0.322 e. The molecule has 2 N–H and O–H groups in total. The summed E-state index contributed by atoms with van der Waals surface area (Å²) in [6.45, 7) is 2.00. The molecule has 29 heavy (non-hydrogen) atoms. The molecule has 0 unspecified atom stereocenters. The quantitative estimate of drug-likeness (QED) is 0.478. The van der Waals surface area contributed by atoms with Gasteiger partial charge in [0.25, 0.3) is 11.8 Å². The van der Waals surface area contributed by atoms with Crippen molar-refractivity contribution in [2.45, 2.75) is 32.6 Å². The molecule has 3 aromatic rings. The normalized spacial score (nSPS) is 12.9. The maximum absolute atomic E-state index is 13.2. The lowest BCUT2D eigenvalue weighted by molar-refractivity contribution is 0.102. The smallest absolute Gasteiger partial charge is 0.258 e. The lowest BCUT2D eigenvalue weighted by Gasteiger charge is -2.14. The van der Waals surface area contributed by atoms with Gasteiger partial charge in [-0.2, -0.15) is 0 Å². The number of carbonyl (C=O) groups is 2. The van der Waals surface area contributed by atoms with E-state index < -0.39 is 0 Å². The molecule has 2 aromatic carbocycles. The zero-order valence-corrected chi connectivity index (χ0v) is 18.5. The number of fused-ring (bicyclic) bond motifs is 1. The predicted molar refractivity (Wildman–Crippen MR) is 122 cm³/mol. The molecule has 0 radical (unpaired) electrons. The van der Waals surface area contributed by atoms with Crippen molar-refractivity contribution >= 4 is 49.8 Å². The van der Waals surface area contributed by atoms with Crippen molar-refractivity contribution in [1.82, 2.24) is 0 Å². The van der Waals surface area contributed by atoms with Gasteiger partial charge in [0.1, 0.15) is 5.00 Å². The highest BCUT2D eigenvalue weighted by atomic mass is 79.9. The highest BCUT2D eigenvalue weighted by Gasteiger charge is 2.26. The highest BCUT2D eigenvalue weighted by molar-refractivity contribution is 9.10. The van der Waals surface area contributed by atoms with E-state index in [0.717, 1.165) is 47.0 Å². The summed E-state index contributed by atoms with van der Waals surface area (Å²) in [7, 11) is 0. The molecule has 0 bridgehead atoms. The Morgan fingerprint density at radius 3 is 2.48 bits per heavy atom. The molecule has 0 aliphatic heterocycles. The van der Waals surface area contributed by atoms with Gasteiger partial charge in [0, 0.05) is 20.6 Å². The highest BCUT2D eigenvalue weighted by Crippen LogP contribution is 2.39. The molecular weight excluding hydrogens is 448 g/mol. The van der Waals surface area contributed by atoms with Gasteiger partial charge in [-0.1, -0.05) is 40.2 Å². The number of anilines is 2. The number of benzene rings is 2. The maximum Gasteiger partial charge on any atom is 0.258 e. The molecule has 4 rings (SSSR count). The minimum absolute atomic E-state index is 0.177. The summed E-state index contributed by atoms with van der Waals surface area (Å²) in [6.07, 6.45) is 4.00. The summed E-state index contributed by atoms with van der Waals surface area (Å²) >= 11 is 5.04. The summed E-state index contributed by atoms with van der Waals surface area (Å²) in [5.74, 6) is -0.375. The lowest BCUT2D eigenvalue weighted by Crippen LogP contribution is -2.18. The van der Waals surface area contributed by atoms with Gasteiger partial charge in [0.15, 0.2) is 0 Å². The summed E-state index contributed by atoms with van der Waals surface area (Å²) in [4.78, 5) is 27.1. The second kappa shape index (κ2) is 8.51. The van der Waals surface area contributed by atoms with Crippen LogP contribution in [0.4, 0.5) is 10.7 Å². The Morgan fingerprint density at radius 1 is 0.966 bits per heavy atom. The van der Waals surface area contributed by atoms with Gasteiger partial charge >= 0.3 is 0 Å². The maximum atomic E-state index is 13.2. The number of amides is 2. The number of halogens is 1. The van der Waals surface area contributed by atoms with Crippen LogP contribution in [0.2, 0.25) is 0 Å². The topological polar surface area (TPSA) is 58.2 Å². The fraction of sp³-hybridized carbons (Fsp3) is 0.217. The average molecular weight is 469 g/mol. The van der Waals surface area contributed by atoms with Crippen LogP contribution in [0, 0.1) is 6.92 Å².